The predicted octanol–water partition coefficient (Wildman–Crippen LogP) is 3.13. The zero-order chi connectivity index (χ0) is 19.6. The molecule has 6 nitrogen and oxygen atoms in total. The quantitative estimate of drug-likeness (QED) is 0.777. The number of fused-ring (bicyclic) bond motifs is 1. The lowest BCUT2D eigenvalue weighted by atomic mass is 9.99. The van der Waals surface area contributed by atoms with Crippen LogP contribution in [-0.2, 0) is 13.0 Å². The Labute approximate surface area is 157 Å². The number of benzene rings is 2. The molecule has 0 aliphatic carbocycles. The number of aryl methyl sites for hydroxylation is 1. The van der Waals surface area contributed by atoms with Gasteiger partial charge >= 0.3 is 6.03 Å². The van der Waals surface area contributed by atoms with Gasteiger partial charge in [-0.25, -0.2) is 9.18 Å². The molecule has 0 unspecified atom stereocenters. The van der Waals surface area contributed by atoms with Gasteiger partial charge in [-0.2, -0.15) is 0 Å². The second-order valence-corrected chi connectivity index (χ2v) is 6.82. The van der Waals surface area contributed by atoms with E-state index in [1.807, 2.05) is 13.0 Å². The number of hydrogen-bond acceptors (Lipinski definition) is 3. The van der Waals surface area contributed by atoms with Crippen LogP contribution in [0.4, 0.5) is 20.6 Å². The Kier molecular flexibility index (Phi) is 5.41. The van der Waals surface area contributed by atoms with Crippen LogP contribution in [0.15, 0.2) is 30.3 Å². The molecule has 3 rings (SSSR count). The molecule has 2 aromatic carbocycles. The maximum atomic E-state index is 14.8. The summed E-state index contributed by atoms with van der Waals surface area (Å²) in [5, 5.41) is 8.54. The van der Waals surface area contributed by atoms with Crippen LogP contribution in [0.25, 0.3) is 0 Å². The van der Waals surface area contributed by atoms with Crippen LogP contribution in [-0.4, -0.2) is 37.5 Å². The molecule has 3 amide bonds. The molecule has 0 radical (unpaired) electrons. The molecule has 1 heterocycles. The van der Waals surface area contributed by atoms with E-state index in [2.05, 4.69) is 16.0 Å². The van der Waals surface area contributed by atoms with Gasteiger partial charge in [0.2, 0.25) is 0 Å². The van der Waals surface area contributed by atoms with Gasteiger partial charge in [0.15, 0.2) is 0 Å². The topological polar surface area (TPSA) is 73.5 Å². The fourth-order valence-electron chi connectivity index (χ4n) is 3.00. The van der Waals surface area contributed by atoms with Crippen LogP contribution in [0.3, 0.4) is 0 Å². The molecule has 0 spiro atoms. The molecule has 27 heavy (non-hydrogen) atoms. The van der Waals surface area contributed by atoms with Crippen LogP contribution in [0.5, 0.6) is 0 Å². The molecule has 1 aliphatic heterocycles. The van der Waals surface area contributed by atoms with Crippen LogP contribution in [0, 0.1) is 12.7 Å². The summed E-state index contributed by atoms with van der Waals surface area (Å²) < 4.78 is 14.8. The lowest BCUT2D eigenvalue weighted by Gasteiger charge is -2.20. The van der Waals surface area contributed by atoms with E-state index < -0.39 is 11.7 Å². The van der Waals surface area contributed by atoms with Gasteiger partial charge in [-0.1, -0.05) is 17.7 Å². The summed E-state index contributed by atoms with van der Waals surface area (Å²) in [6.45, 7) is 3.18. The van der Waals surface area contributed by atoms with E-state index in [-0.39, 0.29) is 17.3 Å². The number of hydrogen-bond donors (Lipinski definition) is 3. The summed E-state index contributed by atoms with van der Waals surface area (Å²) in [5.74, 6) is -0.866. The van der Waals surface area contributed by atoms with Crippen molar-refractivity contribution in [2.24, 2.45) is 0 Å². The average Bonchev–Trinajstić information content (AvgIpc) is 2.65. The van der Waals surface area contributed by atoms with Crippen molar-refractivity contribution in [3.8, 4) is 0 Å². The van der Waals surface area contributed by atoms with Gasteiger partial charge < -0.3 is 20.9 Å². The predicted molar refractivity (Wildman–Crippen MR) is 104 cm³/mol. The van der Waals surface area contributed by atoms with E-state index in [0.29, 0.717) is 30.8 Å². The van der Waals surface area contributed by atoms with Crippen LogP contribution < -0.4 is 16.0 Å². The van der Waals surface area contributed by atoms with Crippen molar-refractivity contribution in [3.05, 3.63) is 58.4 Å². The normalized spacial score (nSPS) is 12.9. The van der Waals surface area contributed by atoms with Crippen LogP contribution in [0.2, 0.25) is 0 Å². The molecule has 1 aliphatic rings. The first-order valence-electron chi connectivity index (χ1n) is 8.78. The third kappa shape index (κ3) is 4.09. The number of nitrogens with one attached hydrogen (secondary N) is 3. The van der Waals surface area contributed by atoms with Crippen LogP contribution in [0.1, 0.15) is 27.0 Å². The number of rotatable bonds is 3. The first kappa shape index (κ1) is 18.8. The number of halogens is 1. The Morgan fingerprint density at radius 1 is 1.11 bits per heavy atom. The molecule has 2 aromatic rings. The lowest BCUT2D eigenvalue weighted by molar-refractivity contribution is 0.102. The lowest BCUT2D eigenvalue weighted by Crippen LogP contribution is -2.28. The van der Waals surface area contributed by atoms with Gasteiger partial charge in [0.05, 0.1) is 16.9 Å². The van der Waals surface area contributed by atoms with Gasteiger partial charge in [0, 0.05) is 20.6 Å². The highest BCUT2D eigenvalue weighted by atomic mass is 19.1. The van der Waals surface area contributed by atoms with E-state index in [0.717, 1.165) is 11.1 Å². The molecule has 0 atom stereocenters. The zero-order valence-electron chi connectivity index (χ0n) is 15.6. The molecule has 7 heteroatoms. The summed E-state index contributed by atoms with van der Waals surface area (Å²) in [6.07, 6.45) is 0.583. The van der Waals surface area contributed by atoms with Gasteiger partial charge in [-0.15, -0.1) is 0 Å². The van der Waals surface area contributed by atoms with Crippen molar-refractivity contribution in [1.82, 2.24) is 10.2 Å². The van der Waals surface area contributed by atoms with Gasteiger partial charge in [0.25, 0.3) is 5.91 Å². The molecule has 0 saturated heterocycles. The molecular weight excluding hydrogens is 347 g/mol. The molecule has 0 saturated carbocycles. The SMILES string of the molecule is Cc1ccc(NC(=O)N(C)C)c(C(=O)Nc2ccc3c(c2F)CCNC3)c1. The van der Waals surface area contributed by atoms with Gasteiger partial charge in [0.1, 0.15) is 5.82 Å². The summed E-state index contributed by atoms with van der Waals surface area (Å²) in [5.41, 5.74) is 3.21. The number of carbonyl (C=O) groups is 2. The molecular formula is C20H23FN4O2. The molecule has 0 aromatic heterocycles. The number of nitrogens with zero attached hydrogens (tertiary/aromatic N) is 1. The fraction of sp³-hybridized carbons (Fsp3) is 0.300. The van der Waals surface area contributed by atoms with E-state index in [1.54, 1.807) is 38.4 Å². The minimum absolute atomic E-state index is 0.145. The highest BCUT2D eigenvalue weighted by molar-refractivity contribution is 6.10. The van der Waals surface area contributed by atoms with Crippen LogP contribution >= 0.6 is 0 Å². The van der Waals surface area contributed by atoms with Crippen molar-refractivity contribution < 1.29 is 14.0 Å². The second-order valence-electron chi connectivity index (χ2n) is 6.82. The van der Waals surface area contributed by atoms with Crippen molar-refractivity contribution in [1.29, 1.82) is 0 Å². The smallest absolute Gasteiger partial charge is 0.321 e. The van der Waals surface area contributed by atoms with Crippen molar-refractivity contribution in [2.75, 3.05) is 31.3 Å². The number of anilines is 2. The molecule has 142 valence electrons. The highest BCUT2D eigenvalue weighted by Crippen LogP contribution is 2.26. The number of carbonyl (C=O) groups excluding carboxylic acids is 2. The Morgan fingerprint density at radius 2 is 1.85 bits per heavy atom. The first-order valence-corrected chi connectivity index (χ1v) is 8.78. The maximum absolute atomic E-state index is 14.8. The first-order chi connectivity index (χ1) is 12.9. The third-order valence-corrected chi connectivity index (χ3v) is 4.52. The summed E-state index contributed by atoms with van der Waals surface area (Å²) in [4.78, 5) is 26.1. The number of urea groups is 1. The second kappa shape index (κ2) is 7.75. The van der Waals surface area contributed by atoms with Gasteiger partial charge in [-0.3, -0.25) is 4.79 Å². The minimum atomic E-state index is -0.472. The van der Waals surface area contributed by atoms with E-state index in [1.165, 1.54) is 4.90 Å². The standard InChI is InChI=1S/C20H23FN4O2/c1-12-4-6-16(24-20(27)25(2)3)15(10-12)19(26)23-17-7-5-13-11-22-9-8-14(13)18(17)21/h4-7,10,22H,8-9,11H2,1-3H3,(H,23,26)(H,24,27). The maximum Gasteiger partial charge on any atom is 0.321 e. The zero-order valence-corrected chi connectivity index (χ0v) is 15.6. The van der Waals surface area contributed by atoms with E-state index in [4.69, 9.17) is 0 Å². The molecule has 0 bridgehead atoms. The molecule has 3 N–H and O–H groups in total. The highest BCUT2D eigenvalue weighted by Gasteiger charge is 2.20. The van der Waals surface area contributed by atoms with E-state index in [9.17, 15) is 14.0 Å². The minimum Gasteiger partial charge on any atom is -0.331 e. The van der Waals surface area contributed by atoms with Crippen molar-refractivity contribution in [2.45, 2.75) is 19.9 Å². The largest absolute Gasteiger partial charge is 0.331 e. The Hall–Kier alpha value is -2.93. The monoisotopic (exact) mass is 370 g/mol. The Balaban J connectivity index is 1.88. The summed E-state index contributed by atoms with van der Waals surface area (Å²) in [7, 11) is 3.22. The van der Waals surface area contributed by atoms with Crippen molar-refractivity contribution in [3.63, 3.8) is 0 Å². The summed E-state index contributed by atoms with van der Waals surface area (Å²) >= 11 is 0. The fourth-order valence-corrected chi connectivity index (χ4v) is 3.00. The third-order valence-electron chi connectivity index (χ3n) is 4.52. The average molecular weight is 370 g/mol. The Morgan fingerprint density at radius 3 is 2.59 bits per heavy atom. The summed E-state index contributed by atoms with van der Waals surface area (Å²) in [6, 6.07) is 8.19. The van der Waals surface area contributed by atoms with Gasteiger partial charge in [-0.05, 0) is 49.2 Å². The van der Waals surface area contributed by atoms with E-state index >= 15 is 0 Å². The van der Waals surface area contributed by atoms with Crippen molar-refractivity contribution >= 4 is 23.3 Å². The molecule has 0 fully saturated rings. The number of amides is 3. The Bertz CT molecular complexity index is 896.